The Bertz CT molecular complexity index is 348. The molecule has 1 rings (SSSR count). The summed E-state index contributed by atoms with van der Waals surface area (Å²) in [6.45, 7) is 6.24. The maximum Gasteiger partial charge on any atom is 0.201 e. The van der Waals surface area contributed by atoms with E-state index < -0.39 is 0 Å². The highest BCUT2D eigenvalue weighted by Crippen LogP contribution is 2.35. The van der Waals surface area contributed by atoms with E-state index in [0.717, 1.165) is 6.42 Å². The molecule has 2 atom stereocenters. The van der Waals surface area contributed by atoms with Gasteiger partial charge in [-0.2, -0.15) is 0 Å². The molecule has 0 fully saturated rings. The van der Waals surface area contributed by atoms with Gasteiger partial charge in [0.05, 0.1) is 14.2 Å². The summed E-state index contributed by atoms with van der Waals surface area (Å²) in [7, 11) is 3.12. The molecule has 0 aromatic heterocycles. The third-order valence-corrected chi connectivity index (χ3v) is 3.30. The van der Waals surface area contributed by atoms with Crippen molar-refractivity contribution >= 4 is 5.78 Å². The van der Waals surface area contributed by atoms with Crippen LogP contribution in [0, 0.1) is 11.8 Å². The zero-order valence-corrected chi connectivity index (χ0v) is 11.4. The summed E-state index contributed by atoms with van der Waals surface area (Å²) in [5, 5.41) is 0. The van der Waals surface area contributed by atoms with Gasteiger partial charge in [-0.1, -0.05) is 18.6 Å². The lowest BCUT2D eigenvalue weighted by molar-refractivity contribution is -0.121. The Kier molecular flexibility index (Phi) is 4.79. The van der Waals surface area contributed by atoms with Crippen LogP contribution >= 0.6 is 0 Å². The van der Waals surface area contributed by atoms with Crippen LogP contribution in [-0.2, 0) is 14.3 Å². The van der Waals surface area contributed by atoms with E-state index >= 15 is 0 Å². The molecule has 17 heavy (non-hydrogen) atoms. The van der Waals surface area contributed by atoms with Crippen molar-refractivity contribution in [3.05, 3.63) is 23.2 Å². The monoisotopic (exact) mass is 238 g/mol. The lowest BCUT2D eigenvalue weighted by Crippen LogP contribution is -2.28. The highest BCUT2D eigenvalue weighted by atomic mass is 16.5. The van der Waals surface area contributed by atoms with Gasteiger partial charge in [0.25, 0.3) is 0 Å². The van der Waals surface area contributed by atoms with Gasteiger partial charge in [0, 0.05) is 12.3 Å². The van der Waals surface area contributed by atoms with E-state index in [9.17, 15) is 4.79 Å². The Balaban J connectivity index is 2.92. The van der Waals surface area contributed by atoms with Gasteiger partial charge in [0.2, 0.25) is 5.78 Å². The van der Waals surface area contributed by atoms with Gasteiger partial charge in [0.15, 0.2) is 5.76 Å². The van der Waals surface area contributed by atoms with E-state index in [-0.39, 0.29) is 11.7 Å². The summed E-state index contributed by atoms with van der Waals surface area (Å²) in [4.78, 5) is 11.9. The molecule has 0 aromatic rings. The molecule has 0 N–H and O–H groups in total. The van der Waals surface area contributed by atoms with Crippen molar-refractivity contribution in [1.82, 2.24) is 0 Å². The number of rotatable bonds is 4. The second kappa shape index (κ2) is 5.89. The van der Waals surface area contributed by atoms with E-state index in [1.54, 1.807) is 7.11 Å². The van der Waals surface area contributed by atoms with E-state index in [4.69, 9.17) is 9.47 Å². The Hall–Kier alpha value is -1.25. The number of hydrogen-bond donors (Lipinski definition) is 0. The molecule has 3 heteroatoms. The van der Waals surface area contributed by atoms with Crippen molar-refractivity contribution in [1.29, 1.82) is 0 Å². The first kappa shape index (κ1) is 13.8. The maximum atomic E-state index is 11.9. The number of ketones is 1. The van der Waals surface area contributed by atoms with E-state index in [0.29, 0.717) is 23.9 Å². The summed E-state index contributed by atoms with van der Waals surface area (Å²) in [5.74, 6) is 1.67. The first-order chi connectivity index (χ1) is 8.01. The van der Waals surface area contributed by atoms with Gasteiger partial charge < -0.3 is 9.47 Å². The predicted molar refractivity (Wildman–Crippen MR) is 67.4 cm³/mol. The molecule has 0 spiro atoms. The lowest BCUT2D eigenvalue weighted by Gasteiger charge is -2.30. The van der Waals surface area contributed by atoms with E-state index in [1.807, 2.05) is 0 Å². The number of hydrogen-bond acceptors (Lipinski definition) is 3. The Morgan fingerprint density at radius 3 is 2.47 bits per heavy atom. The Labute approximate surface area is 103 Å². The molecule has 0 amide bonds. The third kappa shape index (κ3) is 3.11. The Morgan fingerprint density at radius 2 is 2.00 bits per heavy atom. The van der Waals surface area contributed by atoms with Crippen molar-refractivity contribution in [2.24, 2.45) is 11.8 Å². The average molecular weight is 238 g/mol. The van der Waals surface area contributed by atoms with Crippen LogP contribution in [-0.4, -0.2) is 20.0 Å². The highest BCUT2D eigenvalue weighted by Gasteiger charge is 2.34. The molecule has 96 valence electrons. The SMILES string of the molecule is COC1=C(OC)C(C)C(CC=C(C)C)CC1=O. The number of carbonyl (C=O) groups is 1. The topological polar surface area (TPSA) is 35.5 Å². The second-order valence-corrected chi connectivity index (χ2v) is 4.79. The van der Waals surface area contributed by atoms with Crippen molar-refractivity contribution in [2.75, 3.05) is 14.2 Å². The summed E-state index contributed by atoms with van der Waals surface area (Å²) in [6.07, 6.45) is 3.64. The minimum absolute atomic E-state index is 0.0506. The smallest absolute Gasteiger partial charge is 0.201 e. The maximum absolute atomic E-state index is 11.9. The van der Waals surface area contributed by atoms with Crippen LogP contribution in [0.1, 0.15) is 33.6 Å². The zero-order chi connectivity index (χ0) is 13.0. The summed E-state index contributed by atoms with van der Waals surface area (Å²) < 4.78 is 10.5. The molecule has 0 aromatic carbocycles. The molecule has 0 saturated heterocycles. The van der Waals surface area contributed by atoms with Crippen molar-refractivity contribution < 1.29 is 14.3 Å². The van der Waals surface area contributed by atoms with Crippen LogP contribution in [0.2, 0.25) is 0 Å². The predicted octanol–water partition coefficient (Wildman–Crippen LogP) is 3.07. The van der Waals surface area contributed by atoms with Crippen LogP contribution in [0.3, 0.4) is 0 Å². The first-order valence-corrected chi connectivity index (χ1v) is 6.00. The van der Waals surface area contributed by atoms with Crippen LogP contribution in [0.25, 0.3) is 0 Å². The fourth-order valence-electron chi connectivity index (χ4n) is 2.23. The largest absolute Gasteiger partial charge is 0.497 e. The summed E-state index contributed by atoms with van der Waals surface area (Å²) >= 11 is 0. The molecular formula is C14H22O3. The number of Topliss-reactive ketones (excluding diaryl/α,β-unsaturated/α-hetero) is 1. The first-order valence-electron chi connectivity index (χ1n) is 6.00. The summed E-state index contributed by atoms with van der Waals surface area (Å²) in [5.41, 5.74) is 1.28. The number of ether oxygens (including phenoxy) is 2. The van der Waals surface area contributed by atoms with Gasteiger partial charge in [-0.25, -0.2) is 0 Å². The molecule has 2 unspecified atom stereocenters. The molecule has 0 aliphatic heterocycles. The molecule has 3 nitrogen and oxygen atoms in total. The molecule has 1 aliphatic carbocycles. The molecular weight excluding hydrogens is 216 g/mol. The number of methoxy groups -OCH3 is 2. The van der Waals surface area contributed by atoms with Crippen LogP contribution in [0.15, 0.2) is 23.2 Å². The van der Waals surface area contributed by atoms with Gasteiger partial charge in [-0.05, 0) is 26.2 Å². The van der Waals surface area contributed by atoms with Crippen molar-refractivity contribution in [3.63, 3.8) is 0 Å². The van der Waals surface area contributed by atoms with Crippen LogP contribution in [0.5, 0.6) is 0 Å². The van der Waals surface area contributed by atoms with Gasteiger partial charge in [0.1, 0.15) is 5.76 Å². The molecule has 0 heterocycles. The van der Waals surface area contributed by atoms with Gasteiger partial charge in [-0.3, -0.25) is 4.79 Å². The number of carbonyl (C=O) groups excluding carboxylic acids is 1. The zero-order valence-electron chi connectivity index (χ0n) is 11.4. The summed E-state index contributed by atoms with van der Waals surface area (Å²) in [6, 6.07) is 0. The molecule has 0 radical (unpaired) electrons. The standard InChI is InChI=1S/C14H22O3/c1-9(2)6-7-11-8-12(15)14(17-5)13(16-4)10(11)3/h6,10-11H,7-8H2,1-5H3. The Morgan fingerprint density at radius 1 is 1.35 bits per heavy atom. The fraction of sp³-hybridized carbons (Fsp3) is 0.643. The number of allylic oxidation sites excluding steroid dienone is 4. The van der Waals surface area contributed by atoms with Crippen LogP contribution < -0.4 is 0 Å². The lowest BCUT2D eigenvalue weighted by atomic mass is 9.80. The minimum atomic E-state index is 0.0506. The average Bonchev–Trinajstić information content (AvgIpc) is 2.28. The van der Waals surface area contributed by atoms with Crippen molar-refractivity contribution in [3.8, 4) is 0 Å². The van der Waals surface area contributed by atoms with Crippen LogP contribution in [0.4, 0.5) is 0 Å². The minimum Gasteiger partial charge on any atom is -0.497 e. The molecule has 1 aliphatic rings. The van der Waals surface area contributed by atoms with Crippen molar-refractivity contribution in [2.45, 2.75) is 33.6 Å². The fourth-order valence-corrected chi connectivity index (χ4v) is 2.23. The second-order valence-electron chi connectivity index (χ2n) is 4.79. The van der Waals surface area contributed by atoms with Gasteiger partial charge in [-0.15, -0.1) is 0 Å². The quantitative estimate of drug-likeness (QED) is 0.706. The highest BCUT2D eigenvalue weighted by molar-refractivity contribution is 5.95. The normalized spacial score (nSPS) is 24.6. The third-order valence-electron chi connectivity index (χ3n) is 3.30. The molecule has 0 saturated carbocycles. The van der Waals surface area contributed by atoms with E-state index in [1.165, 1.54) is 12.7 Å². The molecule has 0 bridgehead atoms. The van der Waals surface area contributed by atoms with E-state index in [2.05, 4.69) is 26.8 Å². The van der Waals surface area contributed by atoms with Gasteiger partial charge >= 0.3 is 0 Å².